The van der Waals surface area contributed by atoms with E-state index in [4.69, 9.17) is 4.74 Å². The largest absolute Gasteiger partial charge is 0.488 e. The van der Waals surface area contributed by atoms with E-state index in [9.17, 15) is 10.1 Å². The van der Waals surface area contributed by atoms with Crippen molar-refractivity contribution in [2.45, 2.75) is 43.2 Å². The number of fused-ring (bicyclic) bond motifs is 1. The smallest absolute Gasteiger partial charge is 0.269 e. The van der Waals surface area contributed by atoms with Crippen molar-refractivity contribution in [1.29, 1.82) is 0 Å². The normalized spacial score (nSPS) is 35.0. The van der Waals surface area contributed by atoms with Gasteiger partial charge in [-0.2, -0.15) is 0 Å². The van der Waals surface area contributed by atoms with Crippen molar-refractivity contribution in [1.82, 2.24) is 4.90 Å². The fourth-order valence-corrected chi connectivity index (χ4v) is 4.42. The van der Waals surface area contributed by atoms with E-state index in [1.54, 1.807) is 18.2 Å². The number of rotatable bonds is 1. The average Bonchev–Trinajstić information content (AvgIpc) is 2.78. The van der Waals surface area contributed by atoms with Gasteiger partial charge in [0.2, 0.25) is 0 Å². The Hall–Kier alpha value is -1.62. The van der Waals surface area contributed by atoms with Crippen LogP contribution in [0.2, 0.25) is 0 Å². The first-order chi connectivity index (χ1) is 9.62. The van der Waals surface area contributed by atoms with Gasteiger partial charge in [0.25, 0.3) is 5.69 Å². The maximum Gasteiger partial charge on any atom is 0.269 e. The molecule has 5 nitrogen and oxygen atoms in total. The van der Waals surface area contributed by atoms with Crippen LogP contribution in [0.5, 0.6) is 5.75 Å². The van der Waals surface area contributed by atoms with Gasteiger partial charge in [-0.25, -0.2) is 0 Å². The maximum absolute atomic E-state index is 11.0. The number of ether oxygens (including phenoxy) is 1. The van der Waals surface area contributed by atoms with Crippen LogP contribution in [0.15, 0.2) is 18.2 Å². The standard InChI is InChI=1S/C15H18N2O3/c1-16-8-7-15-6-2-3-12(16)14(15)20-13-5-4-10(17(18)19)9-11(13)15/h4-5,9,12,14H,2-3,6-8H2,1H3/t12-,14-,15-/m1/s1. The molecule has 1 saturated carbocycles. The van der Waals surface area contributed by atoms with Gasteiger partial charge < -0.3 is 4.74 Å². The number of likely N-dealkylation sites (N-methyl/N-ethyl adjacent to an activating group) is 1. The summed E-state index contributed by atoms with van der Waals surface area (Å²) in [6.07, 6.45) is 4.65. The van der Waals surface area contributed by atoms with E-state index in [1.807, 2.05) is 0 Å². The molecule has 0 amide bonds. The first-order valence-electron chi connectivity index (χ1n) is 7.28. The maximum atomic E-state index is 11.0. The predicted octanol–water partition coefficient (Wildman–Crippen LogP) is 2.48. The molecule has 2 heterocycles. The summed E-state index contributed by atoms with van der Waals surface area (Å²) in [6.45, 7) is 1.05. The van der Waals surface area contributed by atoms with E-state index >= 15 is 0 Å². The summed E-state index contributed by atoms with van der Waals surface area (Å²) >= 11 is 0. The monoisotopic (exact) mass is 274 g/mol. The van der Waals surface area contributed by atoms with E-state index in [0.717, 1.165) is 30.7 Å². The lowest BCUT2D eigenvalue weighted by Gasteiger charge is -2.51. The van der Waals surface area contributed by atoms with Gasteiger partial charge in [0.15, 0.2) is 0 Å². The molecule has 2 aliphatic heterocycles. The van der Waals surface area contributed by atoms with Crippen LogP contribution < -0.4 is 4.74 Å². The van der Waals surface area contributed by atoms with Crippen LogP contribution in [0.1, 0.15) is 31.2 Å². The average molecular weight is 274 g/mol. The Kier molecular flexibility index (Phi) is 2.40. The number of hydrogen-bond donors (Lipinski definition) is 0. The minimum Gasteiger partial charge on any atom is -0.488 e. The Morgan fingerprint density at radius 3 is 3.10 bits per heavy atom. The highest BCUT2D eigenvalue weighted by Gasteiger charge is 2.57. The van der Waals surface area contributed by atoms with Crippen molar-refractivity contribution in [3.8, 4) is 5.75 Å². The van der Waals surface area contributed by atoms with Crippen molar-refractivity contribution < 1.29 is 9.66 Å². The molecule has 0 aromatic heterocycles. The van der Waals surface area contributed by atoms with Gasteiger partial charge in [-0.1, -0.05) is 6.42 Å². The molecular formula is C15H18N2O3. The van der Waals surface area contributed by atoms with Crippen LogP contribution >= 0.6 is 0 Å². The van der Waals surface area contributed by atoms with E-state index in [0.29, 0.717) is 6.04 Å². The molecule has 1 aromatic carbocycles. The molecule has 0 unspecified atom stereocenters. The van der Waals surface area contributed by atoms with Crippen LogP contribution in [0.3, 0.4) is 0 Å². The van der Waals surface area contributed by atoms with Crippen LogP contribution in [0.4, 0.5) is 5.69 Å². The molecule has 0 N–H and O–H groups in total. The van der Waals surface area contributed by atoms with Gasteiger partial charge in [0, 0.05) is 29.2 Å². The minimum absolute atomic E-state index is 0.0107. The Bertz CT molecular complexity index is 588. The number of nitro groups is 1. The summed E-state index contributed by atoms with van der Waals surface area (Å²) in [7, 11) is 2.16. The Balaban J connectivity index is 1.84. The fourth-order valence-electron chi connectivity index (χ4n) is 4.42. The van der Waals surface area contributed by atoms with E-state index < -0.39 is 0 Å². The SMILES string of the molecule is CN1CC[C@@]23CCC[C@@H]1[C@H]2Oc1ccc([N+](=O)[O-])cc13. The molecule has 2 bridgehead atoms. The highest BCUT2D eigenvalue weighted by molar-refractivity contribution is 5.52. The molecule has 5 heteroatoms. The van der Waals surface area contributed by atoms with Gasteiger partial charge in [-0.05, 0) is 38.9 Å². The van der Waals surface area contributed by atoms with Gasteiger partial charge in [-0.15, -0.1) is 0 Å². The zero-order valence-corrected chi connectivity index (χ0v) is 11.5. The zero-order valence-electron chi connectivity index (χ0n) is 11.5. The molecule has 1 saturated heterocycles. The number of non-ortho nitro benzene ring substituents is 1. The number of hydrogen-bond acceptors (Lipinski definition) is 4. The van der Waals surface area contributed by atoms with Crippen molar-refractivity contribution in [3.63, 3.8) is 0 Å². The number of benzene rings is 1. The molecule has 3 aliphatic rings. The van der Waals surface area contributed by atoms with Crippen LogP contribution in [-0.4, -0.2) is 35.6 Å². The first-order valence-corrected chi connectivity index (χ1v) is 7.28. The molecule has 0 radical (unpaired) electrons. The second-order valence-corrected chi connectivity index (χ2v) is 6.32. The van der Waals surface area contributed by atoms with Gasteiger partial charge in [0.05, 0.1) is 4.92 Å². The van der Waals surface area contributed by atoms with Crippen molar-refractivity contribution >= 4 is 5.69 Å². The van der Waals surface area contributed by atoms with Crippen molar-refractivity contribution in [2.75, 3.05) is 13.6 Å². The van der Waals surface area contributed by atoms with E-state index in [2.05, 4.69) is 11.9 Å². The topological polar surface area (TPSA) is 55.6 Å². The summed E-state index contributed by atoms with van der Waals surface area (Å²) in [5.74, 6) is 0.864. The van der Waals surface area contributed by atoms with E-state index in [1.165, 1.54) is 12.8 Å². The third kappa shape index (κ3) is 1.41. The summed E-state index contributed by atoms with van der Waals surface area (Å²) in [4.78, 5) is 13.1. The van der Waals surface area contributed by atoms with Gasteiger partial charge in [0.1, 0.15) is 11.9 Å². The summed E-state index contributed by atoms with van der Waals surface area (Å²) < 4.78 is 6.21. The van der Waals surface area contributed by atoms with Crippen LogP contribution in [0, 0.1) is 10.1 Å². The molecular weight excluding hydrogens is 256 g/mol. The zero-order chi connectivity index (χ0) is 13.9. The van der Waals surface area contributed by atoms with Crippen molar-refractivity contribution in [2.24, 2.45) is 0 Å². The Morgan fingerprint density at radius 2 is 2.30 bits per heavy atom. The van der Waals surface area contributed by atoms with Crippen LogP contribution in [-0.2, 0) is 5.41 Å². The molecule has 1 aliphatic carbocycles. The van der Waals surface area contributed by atoms with Gasteiger partial charge in [-0.3, -0.25) is 15.0 Å². The van der Waals surface area contributed by atoms with Gasteiger partial charge >= 0.3 is 0 Å². The second-order valence-electron chi connectivity index (χ2n) is 6.32. The third-order valence-corrected chi connectivity index (χ3v) is 5.46. The molecule has 0 spiro atoms. The summed E-state index contributed by atoms with van der Waals surface area (Å²) in [6, 6.07) is 5.54. The second kappa shape index (κ2) is 3.95. The molecule has 3 atom stereocenters. The van der Waals surface area contributed by atoms with Crippen molar-refractivity contribution in [3.05, 3.63) is 33.9 Å². The Labute approximate surface area is 117 Å². The molecule has 20 heavy (non-hydrogen) atoms. The summed E-state index contributed by atoms with van der Waals surface area (Å²) in [5.41, 5.74) is 1.27. The Morgan fingerprint density at radius 1 is 1.45 bits per heavy atom. The highest BCUT2D eigenvalue weighted by atomic mass is 16.6. The van der Waals surface area contributed by atoms with Crippen LogP contribution in [0.25, 0.3) is 0 Å². The molecule has 4 rings (SSSR count). The quantitative estimate of drug-likeness (QED) is 0.583. The highest BCUT2D eigenvalue weighted by Crippen LogP contribution is 2.55. The first kappa shape index (κ1) is 12.1. The molecule has 106 valence electrons. The minimum atomic E-state index is -0.306. The number of likely N-dealkylation sites (tertiary alicyclic amines) is 1. The molecule has 2 fully saturated rings. The number of nitro benzene ring substituents is 1. The number of nitrogens with zero attached hydrogens (tertiary/aromatic N) is 2. The fraction of sp³-hybridized carbons (Fsp3) is 0.600. The van der Waals surface area contributed by atoms with E-state index in [-0.39, 0.29) is 22.1 Å². The third-order valence-electron chi connectivity index (χ3n) is 5.46. The predicted molar refractivity (Wildman–Crippen MR) is 74.1 cm³/mol. The lowest BCUT2D eigenvalue weighted by molar-refractivity contribution is -0.385. The lowest BCUT2D eigenvalue weighted by atomic mass is 9.62. The molecule has 1 aromatic rings. The summed E-state index contributed by atoms with van der Waals surface area (Å²) in [5, 5.41) is 11.0. The lowest BCUT2D eigenvalue weighted by Crippen LogP contribution is -2.60. The number of piperidine rings is 1.